The standard InChI is InChI=1S/C26H31N7O3/c1-27-23(34)12-6-4-5-11-20(30-25(35)21-13-14-33(2)32-21)24-28-16-22(29-24)18-15-17-9-7-8-10-19(17)31-26(18)36-3/h7-10,13-16,20H,4-6,11-12H2,1-3H3,(H,27,34)(H,28,29)(H,30,35)/t20-/m0/s1. The maximum absolute atomic E-state index is 12.9. The molecular weight excluding hydrogens is 458 g/mol. The van der Waals surface area contributed by atoms with E-state index in [0.29, 0.717) is 30.2 Å². The summed E-state index contributed by atoms with van der Waals surface area (Å²) >= 11 is 0. The van der Waals surface area contributed by atoms with Crippen molar-refractivity contribution in [1.82, 2.24) is 35.4 Å². The number of para-hydroxylation sites is 1. The molecule has 0 spiro atoms. The van der Waals surface area contributed by atoms with Gasteiger partial charge >= 0.3 is 0 Å². The predicted octanol–water partition coefficient (Wildman–Crippen LogP) is 3.53. The van der Waals surface area contributed by atoms with Crippen molar-refractivity contribution in [3.8, 4) is 17.1 Å². The van der Waals surface area contributed by atoms with Gasteiger partial charge in [0.25, 0.3) is 5.91 Å². The van der Waals surface area contributed by atoms with Gasteiger partial charge in [0.2, 0.25) is 11.8 Å². The molecule has 1 aromatic carbocycles. The number of nitrogens with zero attached hydrogens (tertiary/aromatic N) is 4. The number of H-pyrrole nitrogens is 1. The minimum atomic E-state index is -0.354. The molecule has 0 aliphatic heterocycles. The molecule has 0 unspecified atom stereocenters. The molecule has 0 saturated heterocycles. The van der Waals surface area contributed by atoms with Gasteiger partial charge in [-0.1, -0.05) is 31.0 Å². The van der Waals surface area contributed by atoms with E-state index in [4.69, 9.17) is 4.74 Å². The van der Waals surface area contributed by atoms with Crippen molar-refractivity contribution < 1.29 is 14.3 Å². The van der Waals surface area contributed by atoms with Crippen LogP contribution < -0.4 is 15.4 Å². The van der Waals surface area contributed by atoms with Gasteiger partial charge in [-0.25, -0.2) is 9.97 Å². The number of pyridine rings is 1. The summed E-state index contributed by atoms with van der Waals surface area (Å²) in [6.45, 7) is 0. The Morgan fingerprint density at radius 3 is 2.75 bits per heavy atom. The third-order valence-electron chi connectivity index (χ3n) is 6.03. The van der Waals surface area contributed by atoms with E-state index < -0.39 is 0 Å². The van der Waals surface area contributed by atoms with E-state index in [1.165, 1.54) is 0 Å². The molecule has 3 aromatic heterocycles. The minimum absolute atomic E-state index is 0.0311. The molecule has 2 amide bonds. The summed E-state index contributed by atoms with van der Waals surface area (Å²) in [7, 11) is 5.00. The number of imidazole rings is 1. The first-order valence-corrected chi connectivity index (χ1v) is 12.0. The van der Waals surface area contributed by atoms with Crippen molar-refractivity contribution in [2.45, 2.75) is 38.1 Å². The molecule has 1 atom stereocenters. The Morgan fingerprint density at radius 1 is 1.17 bits per heavy atom. The summed E-state index contributed by atoms with van der Waals surface area (Å²) < 4.78 is 7.14. The molecule has 0 saturated carbocycles. The maximum Gasteiger partial charge on any atom is 0.272 e. The van der Waals surface area contributed by atoms with Crippen LogP contribution in [0.5, 0.6) is 5.88 Å². The number of hydrogen-bond donors (Lipinski definition) is 3. The largest absolute Gasteiger partial charge is 0.480 e. The molecule has 188 valence electrons. The summed E-state index contributed by atoms with van der Waals surface area (Å²) in [5, 5.41) is 10.9. The fourth-order valence-corrected chi connectivity index (χ4v) is 4.08. The highest BCUT2D eigenvalue weighted by molar-refractivity contribution is 5.92. The summed E-state index contributed by atoms with van der Waals surface area (Å²) in [6.07, 6.45) is 7.07. The van der Waals surface area contributed by atoms with Crippen molar-refractivity contribution in [1.29, 1.82) is 0 Å². The van der Waals surface area contributed by atoms with Gasteiger partial charge in [-0.2, -0.15) is 5.10 Å². The number of hydrogen-bond acceptors (Lipinski definition) is 6. The predicted molar refractivity (Wildman–Crippen MR) is 136 cm³/mol. The van der Waals surface area contributed by atoms with E-state index in [1.807, 2.05) is 30.3 Å². The lowest BCUT2D eigenvalue weighted by molar-refractivity contribution is -0.120. The zero-order chi connectivity index (χ0) is 25.5. The average Bonchev–Trinajstić information content (AvgIpc) is 3.56. The molecule has 4 aromatic rings. The van der Waals surface area contributed by atoms with Crippen LogP contribution in [0, 0.1) is 0 Å². The number of carbonyl (C=O) groups is 2. The molecule has 10 heteroatoms. The third-order valence-corrected chi connectivity index (χ3v) is 6.03. The number of ether oxygens (including phenoxy) is 1. The number of aromatic amines is 1. The van der Waals surface area contributed by atoms with E-state index in [-0.39, 0.29) is 17.9 Å². The molecule has 0 radical (unpaired) electrons. The lowest BCUT2D eigenvalue weighted by Gasteiger charge is -2.16. The number of rotatable bonds is 11. The van der Waals surface area contributed by atoms with E-state index in [1.54, 1.807) is 44.3 Å². The lowest BCUT2D eigenvalue weighted by atomic mass is 10.1. The van der Waals surface area contributed by atoms with E-state index in [0.717, 1.165) is 41.4 Å². The Hall–Kier alpha value is -4.21. The highest BCUT2D eigenvalue weighted by atomic mass is 16.5. The minimum Gasteiger partial charge on any atom is -0.480 e. The van der Waals surface area contributed by atoms with Crippen LogP contribution in [-0.2, 0) is 11.8 Å². The SMILES string of the molecule is CNC(=O)CCCCC[C@H](NC(=O)c1ccn(C)n1)c1ncc(-c2cc3ccccc3nc2OC)[nH]1. The zero-order valence-corrected chi connectivity index (χ0v) is 20.7. The van der Waals surface area contributed by atoms with Crippen LogP contribution in [-0.4, -0.2) is 50.7 Å². The molecule has 0 aliphatic carbocycles. The number of aromatic nitrogens is 5. The number of unbranched alkanes of at least 4 members (excludes halogenated alkanes) is 2. The number of aryl methyl sites for hydroxylation is 1. The Bertz CT molecular complexity index is 1340. The first-order chi connectivity index (χ1) is 17.5. The smallest absolute Gasteiger partial charge is 0.272 e. The van der Waals surface area contributed by atoms with Crippen molar-refractivity contribution in [2.24, 2.45) is 7.05 Å². The van der Waals surface area contributed by atoms with Crippen LogP contribution in [0.1, 0.15) is 54.5 Å². The van der Waals surface area contributed by atoms with Gasteiger partial charge in [-0.05, 0) is 31.0 Å². The summed E-state index contributed by atoms with van der Waals surface area (Å²) in [6, 6.07) is 11.2. The summed E-state index contributed by atoms with van der Waals surface area (Å²) in [5.41, 5.74) is 2.72. The van der Waals surface area contributed by atoms with Gasteiger partial charge in [-0.3, -0.25) is 14.3 Å². The molecule has 0 bridgehead atoms. The van der Waals surface area contributed by atoms with E-state index >= 15 is 0 Å². The van der Waals surface area contributed by atoms with Crippen LogP contribution in [0.2, 0.25) is 0 Å². The molecule has 10 nitrogen and oxygen atoms in total. The fraction of sp³-hybridized carbons (Fsp3) is 0.346. The number of nitrogens with one attached hydrogen (secondary N) is 3. The van der Waals surface area contributed by atoms with Gasteiger partial charge in [0.05, 0.1) is 36.1 Å². The Labute approximate surface area is 209 Å². The molecule has 4 rings (SSSR count). The molecule has 3 heterocycles. The van der Waals surface area contributed by atoms with E-state index in [9.17, 15) is 9.59 Å². The van der Waals surface area contributed by atoms with Crippen molar-refractivity contribution in [3.63, 3.8) is 0 Å². The molecule has 36 heavy (non-hydrogen) atoms. The normalized spacial score (nSPS) is 11.9. The Morgan fingerprint density at radius 2 is 2.00 bits per heavy atom. The fourth-order valence-electron chi connectivity index (χ4n) is 4.08. The first-order valence-electron chi connectivity index (χ1n) is 12.0. The topological polar surface area (TPSA) is 127 Å². The van der Waals surface area contributed by atoms with Crippen molar-refractivity contribution in [3.05, 3.63) is 60.3 Å². The number of benzene rings is 1. The molecule has 0 aliphatic rings. The quantitative estimate of drug-likeness (QED) is 0.277. The van der Waals surface area contributed by atoms with Crippen molar-refractivity contribution in [2.75, 3.05) is 14.2 Å². The lowest BCUT2D eigenvalue weighted by Crippen LogP contribution is -2.29. The van der Waals surface area contributed by atoms with Crippen LogP contribution >= 0.6 is 0 Å². The zero-order valence-electron chi connectivity index (χ0n) is 20.7. The Balaban J connectivity index is 1.55. The number of carbonyl (C=O) groups excluding carboxylic acids is 2. The Kier molecular flexibility index (Phi) is 7.94. The summed E-state index contributed by atoms with van der Waals surface area (Å²) in [5.74, 6) is 0.889. The number of amides is 2. The molecular formula is C26H31N7O3. The van der Waals surface area contributed by atoms with Gasteiger partial charge in [0.1, 0.15) is 11.5 Å². The second-order valence-corrected chi connectivity index (χ2v) is 8.59. The van der Waals surface area contributed by atoms with Gasteiger partial charge in [-0.15, -0.1) is 0 Å². The second-order valence-electron chi connectivity index (χ2n) is 8.59. The van der Waals surface area contributed by atoms with Gasteiger partial charge in [0, 0.05) is 32.1 Å². The first kappa shape index (κ1) is 24.9. The monoisotopic (exact) mass is 489 g/mol. The number of methoxy groups -OCH3 is 1. The van der Waals surface area contributed by atoms with Crippen molar-refractivity contribution >= 4 is 22.7 Å². The van der Waals surface area contributed by atoms with Crippen LogP contribution in [0.3, 0.4) is 0 Å². The van der Waals surface area contributed by atoms with Crippen LogP contribution in [0.25, 0.3) is 22.2 Å². The maximum atomic E-state index is 12.9. The summed E-state index contributed by atoms with van der Waals surface area (Å²) in [4.78, 5) is 37.0. The third kappa shape index (κ3) is 5.88. The van der Waals surface area contributed by atoms with Crippen LogP contribution in [0.15, 0.2) is 48.8 Å². The highest BCUT2D eigenvalue weighted by Gasteiger charge is 2.21. The van der Waals surface area contributed by atoms with Crippen LogP contribution in [0.4, 0.5) is 0 Å². The number of fused-ring (bicyclic) bond motifs is 1. The average molecular weight is 490 g/mol. The van der Waals surface area contributed by atoms with Gasteiger partial charge < -0.3 is 20.4 Å². The van der Waals surface area contributed by atoms with Gasteiger partial charge in [0.15, 0.2) is 0 Å². The second kappa shape index (κ2) is 11.5. The van der Waals surface area contributed by atoms with E-state index in [2.05, 4.69) is 30.7 Å². The molecule has 3 N–H and O–H groups in total. The molecule has 0 fully saturated rings. The highest BCUT2D eigenvalue weighted by Crippen LogP contribution is 2.31.